The van der Waals surface area contributed by atoms with Crippen molar-refractivity contribution >= 4 is 11.9 Å². The third-order valence-corrected chi connectivity index (χ3v) is 6.86. The molecule has 184 valence electrons. The summed E-state index contributed by atoms with van der Waals surface area (Å²) in [6.45, 7) is 8.19. The Balaban J connectivity index is 0.00000324. The molecular weight excluding hydrogens is 498 g/mol. The van der Waals surface area contributed by atoms with E-state index >= 15 is 0 Å². The molecule has 6 nitrogen and oxygen atoms in total. The molecule has 7 heteroatoms. The first-order valence-corrected chi connectivity index (χ1v) is 11.7. The first-order chi connectivity index (χ1) is 15.6. The second-order valence-electron chi connectivity index (χ2n) is 10.4. The average Bonchev–Trinajstić information content (AvgIpc) is 2.78. The Kier molecular flexibility index (Phi) is 7.90. The zero-order valence-electron chi connectivity index (χ0n) is 20.1. The van der Waals surface area contributed by atoms with Gasteiger partial charge in [-0.1, -0.05) is 60.7 Å². The fourth-order valence-corrected chi connectivity index (χ4v) is 5.21. The first-order valence-electron chi connectivity index (χ1n) is 11.7. The fourth-order valence-electron chi connectivity index (χ4n) is 5.21. The van der Waals surface area contributed by atoms with E-state index in [1.807, 2.05) is 32.9 Å². The van der Waals surface area contributed by atoms with Crippen LogP contribution >= 0.6 is 0 Å². The van der Waals surface area contributed by atoms with Crippen LogP contribution in [0.5, 0.6) is 0 Å². The van der Waals surface area contributed by atoms with E-state index in [2.05, 4.69) is 0 Å². The van der Waals surface area contributed by atoms with Gasteiger partial charge in [0.15, 0.2) is 12.6 Å². The highest BCUT2D eigenvalue weighted by Gasteiger charge is 2.51. The molecule has 3 saturated heterocycles. The molecule has 2 aromatic carbocycles. The standard InChI is InChI=1S/C27H34NO5.BrH/c1-26(2,3)33-24(29)19-28-16-14-20(15-17-28)23(18-28)32-25(30)27(31,21-10-6-4-7-11-21)22-12-8-5-9-13-22;/h4-13,20,23,31H,14-19H2,1-3H3;1H/q+1;/p-1/t20?,23-,28?;/m0./s1. The summed E-state index contributed by atoms with van der Waals surface area (Å²) in [5, 5.41) is 11.7. The second kappa shape index (κ2) is 10.2. The van der Waals surface area contributed by atoms with E-state index in [-0.39, 0.29) is 41.5 Å². The van der Waals surface area contributed by atoms with Crippen molar-refractivity contribution in [2.75, 3.05) is 26.2 Å². The second-order valence-corrected chi connectivity index (χ2v) is 10.4. The molecule has 2 bridgehead atoms. The number of fused-ring (bicyclic) bond motifs is 3. The third kappa shape index (κ3) is 5.53. The Morgan fingerprint density at radius 1 is 0.941 bits per heavy atom. The van der Waals surface area contributed by atoms with E-state index in [1.54, 1.807) is 48.5 Å². The summed E-state index contributed by atoms with van der Waals surface area (Å²) in [5.41, 5.74) is -1.48. The SMILES string of the molecule is CC(C)(C)OC(=O)C[N+]12CCC(CC1)[C@@H](OC(=O)C(O)(c1ccccc1)c1ccccc1)C2.[Br-]. The van der Waals surface area contributed by atoms with Crippen LogP contribution in [0.2, 0.25) is 0 Å². The van der Waals surface area contributed by atoms with Gasteiger partial charge in [0, 0.05) is 18.8 Å². The molecular formula is C27H34BrNO5. The lowest BCUT2D eigenvalue weighted by Crippen LogP contribution is -3.00. The lowest BCUT2D eigenvalue weighted by molar-refractivity contribution is -0.939. The van der Waals surface area contributed by atoms with E-state index in [4.69, 9.17) is 9.47 Å². The molecule has 3 fully saturated rings. The predicted molar refractivity (Wildman–Crippen MR) is 124 cm³/mol. The molecule has 0 aliphatic carbocycles. The number of carbonyl (C=O) groups is 2. The van der Waals surface area contributed by atoms with Crippen molar-refractivity contribution in [3.8, 4) is 0 Å². The summed E-state index contributed by atoms with van der Waals surface area (Å²) in [4.78, 5) is 26.1. The van der Waals surface area contributed by atoms with Crippen molar-refractivity contribution in [2.45, 2.75) is 50.9 Å². The van der Waals surface area contributed by atoms with Crippen molar-refractivity contribution in [3.05, 3.63) is 71.8 Å². The molecule has 0 amide bonds. The van der Waals surface area contributed by atoms with Crippen LogP contribution in [0.4, 0.5) is 0 Å². The minimum atomic E-state index is -1.90. The first kappa shape index (κ1) is 26.4. The van der Waals surface area contributed by atoms with Gasteiger partial charge in [0.25, 0.3) is 0 Å². The molecule has 0 aromatic heterocycles. The van der Waals surface area contributed by atoms with Crippen molar-refractivity contribution < 1.29 is 45.6 Å². The number of esters is 2. The highest BCUT2D eigenvalue weighted by atomic mass is 79.9. The van der Waals surface area contributed by atoms with Gasteiger partial charge in [-0.25, -0.2) is 9.59 Å². The Hall–Kier alpha value is -2.22. The zero-order chi connectivity index (χ0) is 23.7. The van der Waals surface area contributed by atoms with E-state index in [1.165, 1.54) is 0 Å². The van der Waals surface area contributed by atoms with Crippen molar-refractivity contribution in [1.29, 1.82) is 0 Å². The Bertz CT molecular complexity index is 942. The molecule has 3 aliphatic heterocycles. The van der Waals surface area contributed by atoms with Gasteiger partial charge in [-0.2, -0.15) is 0 Å². The van der Waals surface area contributed by atoms with Crippen LogP contribution in [-0.4, -0.2) is 59.4 Å². The van der Waals surface area contributed by atoms with Crippen LogP contribution < -0.4 is 17.0 Å². The summed E-state index contributed by atoms with van der Waals surface area (Å²) in [6, 6.07) is 17.8. The quantitative estimate of drug-likeness (QED) is 0.432. The molecule has 0 saturated carbocycles. The Labute approximate surface area is 212 Å². The van der Waals surface area contributed by atoms with E-state index < -0.39 is 17.2 Å². The van der Waals surface area contributed by atoms with Crippen LogP contribution in [-0.2, 0) is 24.7 Å². The number of carbonyl (C=O) groups excluding carboxylic acids is 2. The molecule has 0 unspecified atom stereocenters. The summed E-state index contributed by atoms with van der Waals surface area (Å²) in [5.74, 6) is -0.657. The maximum absolute atomic E-state index is 13.6. The topological polar surface area (TPSA) is 72.8 Å². The number of aliphatic hydroxyl groups is 1. The Morgan fingerprint density at radius 2 is 1.44 bits per heavy atom. The largest absolute Gasteiger partial charge is 1.00 e. The molecule has 1 atom stereocenters. The normalized spacial score (nSPS) is 24.1. The average molecular weight is 532 g/mol. The van der Waals surface area contributed by atoms with Crippen molar-refractivity contribution in [3.63, 3.8) is 0 Å². The van der Waals surface area contributed by atoms with Crippen LogP contribution in [0, 0.1) is 5.92 Å². The van der Waals surface area contributed by atoms with Gasteiger partial charge in [0.2, 0.25) is 5.60 Å². The number of quaternary nitrogens is 1. The highest BCUT2D eigenvalue weighted by molar-refractivity contribution is 5.85. The van der Waals surface area contributed by atoms with Crippen molar-refractivity contribution in [2.24, 2.45) is 5.92 Å². The third-order valence-electron chi connectivity index (χ3n) is 6.86. The molecule has 5 rings (SSSR count). The number of benzene rings is 2. The number of rotatable bonds is 6. The number of piperidine rings is 3. The monoisotopic (exact) mass is 531 g/mol. The molecule has 0 radical (unpaired) electrons. The minimum Gasteiger partial charge on any atom is -1.00 e. The van der Waals surface area contributed by atoms with Gasteiger partial charge in [0.05, 0.1) is 13.1 Å². The van der Waals surface area contributed by atoms with Gasteiger partial charge < -0.3 is 36.0 Å². The van der Waals surface area contributed by atoms with Crippen molar-refractivity contribution in [1.82, 2.24) is 0 Å². The summed E-state index contributed by atoms with van der Waals surface area (Å²) in [6.07, 6.45) is 1.42. The van der Waals surface area contributed by atoms with Crippen LogP contribution in [0.3, 0.4) is 0 Å². The number of halogens is 1. The lowest BCUT2D eigenvalue weighted by atomic mass is 9.82. The summed E-state index contributed by atoms with van der Waals surface area (Å²) >= 11 is 0. The van der Waals surface area contributed by atoms with E-state index in [0.717, 1.165) is 25.9 Å². The van der Waals surface area contributed by atoms with E-state index in [9.17, 15) is 14.7 Å². The lowest BCUT2D eigenvalue weighted by Gasteiger charge is -2.51. The van der Waals surface area contributed by atoms with E-state index in [0.29, 0.717) is 22.2 Å². The smallest absolute Gasteiger partial charge is 0.362 e. The number of hydrogen-bond acceptors (Lipinski definition) is 5. The molecule has 1 N–H and O–H groups in total. The fraction of sp³-hybridized carbons (Fsp3) is 0.481. The summed E-state index contributed by atoms with van der Waals surface area (Å²) < 4.78 is 12.2. The number of nitrogens with zero attached hydrogens (tertiary/aromatic N) is 1. The molecule has 34 heavy (non-hydrogen) atoms. The van der Waals surface area contributed by atoms with Gasteiger partial charge in [0.1, 0.15) is 12.1 Å². The zero-order valence-corrected chi connectivity index (χ0v) is 21.7. The van der Waals surface area contributed by atoms with Crippen LogP contribution in [0.25, 0.3) is 0 Å². The molecule has 3 heterocycles. The van der Waals surface area contributed by atoms with Crippen LogP contribution in [0.15, 0.2) is 60.7 Å². The van der Waals surface area contributed by atoms with Gasteiger partial charge in [-0.15, -0.1) is 0 Å². The highest BCUT2D eigenvalue weighted by Crippen LogP contribution is 2.38. The maximum atomic E-state index is 13.6. The molecule has 0 spiro atoms. The van der Waals surface area contributed by atoms with Crippen LogP contribution in [0.1, 0.15) is 44.7 Å². The molecule has 3 aliphatic rings. The number of hydrogen-bond donors (Lipinski definition) is 1. The predicted octanol–water partition coefficient (Wildman–Crippen LogP) is 0.420. The van der Waals surface area contributed by atoms with Gasteiger partial charge in [-0.3, -0.25) is 0 Å². The maximum Gasteiger partial charge on any atom is 0.362 e. The molecule has 2 aromatic rings. The number of ether oxygens (including phenoxy) is 2. The Morgan fingerprint density at radius 3 is 1.91 bits per heavy atom. The van der Waals surface area contributed by atoms with Gasteiger partial charge >= 0.3 is 11.9 Å². The van der Waals surface area contributed by atoms with Gasteiger partial charge in [-0.05, 0) is 31.9 Å². The minimum absolute atomic E-state index is 0. The summed E-state index contributed by atoms with van der Waals surface area (Å²) in [7, 11) is 0.